The third kappa shape index (κ3) is 4.66. The number of rotatable bonds is 9. The van der Waals surface area contributed by atoms with Crippen molar-refractivity contribution in [3.8, 4) is 0 Å². The van der Waals surface area contributed by atoms with Gasteiger partial charge in [0.15, 0.2) is 0 Å². The van der Waals surface area contributed by atoms with Crippen molar-refractivity contribution < 1.29 is 19.4 Å². The molecule has 5 aliphatic rings. The maximum Gasteiger partial charge on any atom is 0.307 e. The second kappa shape index (κ2) is 11.5. The van der Waals surface area contributed by atoms with Crippen LogP contribution in [0.3, 0.4) is 0 Å². The van der Waals surface area contributed by atoms with E-state index in [-0.39, 0.29) is 51.2 Å². The van der Waals surface area contributed by atoms with E-state index in [1.807, 2.05) is 0 Å². The van der Waals surface area contributed by atoms with Gasteiger partial charge in [-0.3, -0.25) is 4.79 Å². The molecule has 1 aromatic rings. The molecular formula is C36H60N6O4. The number of carboxylic acids is 1. The number of fused-ring (bicyclic) bond motifs is 3. The van der Waals surface area contributed by atoms with Crippen molar-refractivity contribution in [2.75, 3.05) is 25.6 Å². The smallest absolute Gasteiger partial charge is 0.307 e. The minimum atomic E-state index is -0.630. The van der Waals surface area contributed by atoms with Crippen molar-refractivity contribution in [3.63, 3.8) is 0 Å². The van der Waals surface area contributed by atoms with Gasteiger partial charge in [0.1, 0.15) is 6.04 Å². The van der Waals surface area contributed by atoms with Crippen LogP contribution >= 0.6 is 0 Å². The lowest BCUT2D eigenvalue weighted by molar-refractivity contribution is -0.252. The van der Waals surface area contributed by atoms with E-state index < -0.39 is 11.9 Å². The zero-order valence-corrected chi connectivity index (χ0v) is 29.6. The van der Waals surface area contributed by atoms with E-state index in [0.717, 1.165) is 51.4 Å². The summed E-state index contributed by atoms with van der Waals surface area (Å²) in [4.78, 5) is 15.1. The average Bonchev–Trinajstić information content (AvgIpc) is 3.42. The van der Waals surface area contributed by atoms with Gasteiger partial charge in [0.25, 0.3) is 5.95 Å². The number of aromatic nitrogens is 4. The lowest BCUT2D eigenvalue weighted by Crippen LogP contribution is -2.69. The van der Waals surface area contributed by atoms with Gasteiger partial charge in [0.05, 0.1) is 31.8 Å². The summed E-state index contributed by atoms with van der Waals surface area (Å²) >= 11 is 0. The molecule has 0 radical (unpaired) electrons. The first kappa shape index (κ1) is 33.8. The molecule has 0 unspecified atom stereocenters. The highest BCUT2D eigenvalue weighted by Gasteiger charge is 2.72. The van der Waals surface area contributed by atoms with E-state index in [4.69, 9.17) is 20.9 Å². The van der Waals surface area contributed by atoms with Crippen molar-refractivity contribution in [1.29, 1.82) is 0 Å². The van der Waals surface area contributed by atoms with Crippen LogP contribution < -0.4 is 11.5 Å². The Balaban J connectivity index is 1.43. The number of ether oxygens (including phenoxy) is 2. The van der Waals surface area contributed by atoms with Gasteiger partial charge < -0.3 is 26.0 Å². The van der Waals surface area contributed by atoms with Gasteiger partial charge >= 0.3 is 5.97 Å². The highest BCUT2D eigenvalue weighted by Crippen LogP contribution is 2.75. The molecule has 2 heterocycles. The molecule has 2 bridgehead atoms. The number of nitrogens with zero attached hydrogens (tertiary/aromatic N) is 4. The number of hydrogen-bond acceptors (Lipinski definition) is 8. The van der Waals surface area contributed by atoms with Gasteiger partial charge in [-0.05, 0) is 90.1 Å². The Bertz CT molecular complexity index is 1350. The average molecular weight is 641 g/mol. The number of nitrogens with two attached hydrogens (primary N) is 2. The molecule has 1 aromatic heterocycles. The molecule has 0 amide bonds. The molecule has 1 saturated heterocycles. The van der Waals surface area contributed by atoms with Crippen molar-refractivity contribution in [2.45, 2.75) is 125 Å². The lowest BCUT2D eigenvalue weighted by Gasteiger charge is -2.71. The Labute approximate surface area is 275 Å². The highest BCUT2D eigenvalue weighted by atomic mass is 16.5. The molecule has 3 saturated carbocycles. The second-order valence-electron chi connectivity index (χ2n) is 17.4. The number of aliphatic carboxylic acids is 1. The minimum Gasteiger partial charge on any atom is -0.481 e. The van der Waals surface area contributed by atoms with Gasteiger partial charge in [-0.25, -0.2) is 0 Å². The summed E-state index contributed by atoms with van der Waals surface area (Å²) in [6.07, 6.45) is 9.83. The summed E-state index contributed by atoms with van der Waals surface area (Å²) in [5.41, 5.74) is 12.7. The molecule has 1 aliphatic heterocycles. The van der Waals surface area contributed by atoms with E-state index >= 15 is 0 Å². The maximum atomic E-state index is 13.4. The summed E-state index contributed by atoms with van der Waals surface area (Å²) in [5, 5.41) is 24.0. The first-order valence-corrected chi connectivity index (χ1v) is 18.0. The van der Waals surface area contributed by atoms with Gasteiger partial charge in [-0.15, -0.1) is 5.10 Å². The molecule has 0 aromatic carbocycles. The molecule has 10 nitrogen and oxygen atoms in total. The van der Waals surface area contributed by atoms with Gasteiger partial charge in [-0.2, -0.15) is 4.80 Å². The van der Waals surface area contributed by atoms with Crippen molar-refractivity contribution >= 4 is 11.9 Å². The first-order valence-electron chi connectivity index (χ1n) is 18.0. The topological polar surface area (TPSA) is 151 Å². The van der Waals surface area contributed by atoms with Gasteiger partial charge in [-0.1, -0.05) is 78.6 Å². The summed E-state index contributed by atoms with van der Waals surface area (Å²) in [6.45, 7) is 20.0. The molecular weight excluding hydrogens is 580 g/mol. The number of allylic oxidation sites excluding steroid dienone is 1. The summed E-state index contributed by atoms with van der Waals surface area (Å²) in [5.74, 6) is 0.503. The summed E-state index contributed by atoms with van der Waals surface area (Å²) < 4.78 is 13.4. The number of carbonyl (C=O) groups is 1. The predicted octanol–water partition coefficient (Wildman–Crippen LogP) is 5.90. The van der Waals surface area contributed by atoms with Crippen LogP contribution in [0.1, 0.15) is 113 Å². The number of carboxylic acid groups (broad SMARTS) is 1. The van der Waals surface area contributed by atoms with Gasteiger partial charge in [0, 0.05) is 16.9 Å². The van der Waals surface area contributed by atoms with Crippen LogP contribution in [0, 0.1) is 56.7 Å². The number of nitrogen functional groups attached to an aromatic ring is 1. The Hall–Kier alpha value is -2.04. The minimum absolute atomic E-state index is 0.0359. The highest BCUT2D eigenvalue weighted by molar-refractivity contribution is 5.73. The van der Waals surface area contributed by atoms with Crippen LogP contribution in [0.15, 0.2) is 11.6 Å². The molecule has 4 aliphatic carbocycles. The Morgan fingerprint density at radius 3 is 2.52 bits per heavy atom. The van der Waals surface area contributed by atoms with E-state index in [0.29, 0.717) is 43.5 Å². The standard InChI is InChI=1S/C36H60N6O4/c1-9-10-23(37)18-46-29-26(42-40-31(38)39-41-42)17-36-20-45-19-33(29,6)27(36)12-11-24-25(36)13-14-35(8)28(30(43)44)32(5,22(4)21(2)3)15-16-34(24,35)7/h13,21-24,26-29H,9-12,14-20,37H2,1-8H3,(H2,38,40)(H,43,44)/t22-,23-,24+,26-,27+,28-,29+,32-,33-,34-,35+,36+/m1/s1. The number of tetrazole rings is 1. The normalized spacial score (nSPS) is 44.8. The molecule has 46 heavy (non-hydrogen) atoms. The van der Waals surface area contributed by atoms with Crippen LogP contribution in [0.4, 0.5) is 5.95 Å². The maximum absolute atomic E-state index is 13.4. The Kier molecular flexibility index (Phi) is 8.49. The summed E-state index contributed by atoms with van der Waals surface area (Å²) in [7, 11) is 0. The number of anilines is 1. The van der Waals surface area contributed by atoms with Crippen LogP contribution in [0.5, 0.6) is 0 Å². The molecule has 4 fully saturated rings. The molecule has 5 N–H and O–H groups in total. The van der Waals surface area contributed by atoms with Gasteiger partial charge in [0.2, 0.25) is 0 Å². The number of hydrogen-bond donors (Lipinski definition) is 3. The van der Waals surface area contributed by atoms with E-state index in [1.54, 1.807) is 4.80 Å². The van der Waals surface area contributed by atoms with E-state index in [2.05, 4.69) is 76.9 Å². The fourth-order valence-corrected chi connectivity index (χ4v) is 12.2. The van der Waals surface area contributed by atoms with Crippen molar-refractivity contribution in [2.24, 2.45) is 62.4 Å². The fourth-order valence-electron chi connectivity index (χ4n) is 12.2. The Morgan fingerprint density at radius 2 is 1.89 bits per heavy atom. The first-order chi connectivity index (χ1) is 21.6. The quantitative estimate of drug-likeness (QED) is 0.280. The zero-order valence-electron chi connectivity index (χ0n) is 29.6. The van der Waals surface area contributed by atoms with Crippen molar-refractivity contribution in [1.82, 2.24) is 20.2 Å². The van der Waals surface area contributed by atoms with Crippen LogP contribution in [0.2, 0.25) is 0 Å². The zero-order chi connectivity index (χ0) is 33.4. The van der Waals surface area contributed by atoms with E-state index in [1.165, 1.54) is 5.57 Å². The molecule has 10 heteroatoms. The van der Waals surface area contributed by atoms with Crippen LogP contribution in [-0.4, -0.2) is 63.2 Å². The van der Waals surface area contributed by atoms with Crippen LogP contribution in [-0.2, 0) is 14.3 Å². The monoisotopic (exact) mass is 640 g/mol. The second-order valence-corrected chi connectivity index (χ2v) is 17.4. The lowest BCUT2D eigenvalue weighted by atomic mass is 9.34. The Morgan fingerprint density at radius 1 is 1.15 bits per heavy atom. The largest absolute Gasteiger partial charge is 0.481 e. The third-order valence-electron chi connectivity index (χ3n) is 15.0. The molecule has 0 spiro atoms. The SMILES string of the molecule is CCC[C@@H](N)CO[C@H]1[C@H](n2nnc(N)n2)C[C@@]23COC[C@]1(C)[C@@H]2CC[C@H]1C3=CC[C@@]2(C)[C@H](C(=O)O)[C@@](C)([C@H](C)C(C)C)CC[C@]12C. The summed E-state index contributed by atoms with van der Waals surface area (Å²) in [6, 6.07) is -0.205. The van der Waals surface area contributed by atoms with Crippen molar-refractivity contribution in [3.05, 3.63) is 11.6 Å². The van der Waals surface area contributed by atoms with E-state index in [9.17, 15) is 9.90 Å². The van der Waals surface area contributed by atoms with Crippen LogP contribution in [0.25, 0.3) is 0 Å². The fraction of sp³-hybridized carbons (Fsp3) is 0.889. The predicted molar refractivity (Wildman–Crippen MR) is 177 cm³/mol. The molecule has 12 atom stereocenters. The molecule has 6 rings (SSSR count). The third-order valence-corrected chi connectivity index (χ3v) is 15.0. The molecule has 258 valence electrons.